The predicted molar refractivity (Wildman–Crippen MR) is 95.1 cm³/mol. The maximum Gasteiger partial charge on any atom is 0.303 e. The molecule has 1 saturated heterocycles. The van der Waals surface area contributed by atoms with Crippen LogP contribution in [0.1, 0.15) is 25.7 Å². The van der Waals surface area contributed by atoms with Crippen molar-refractivity contribution in [2.45, 2.75) is 31.9 Å². The Hall–Kier alpha value is -2.53. The molecule has 25 heavy (non-hydrogen) atoms. The molecule has 0 radical (unpaired) electrons. The van der Waals surface area contributed by atoms with E-state index in [0.29, 0.717) is 6.42 Å². The number of nitrogens with zero attached hydrogens (tertiary/aromatic N) is 1. The Morgan fingerprint density at radius 1 is 1.04 bits per heavy atom. The molecular weight excluding hydrogens is 318 g/mol. The molecule has 2 aromatic carbocycles. The molecule has 0 aromatic heterocycles. The van der Waals surface area contributed by atoms with E-state index < -0.39 is 5.97 Å². The molecule has 3 rings (SSSR count). The van der Waals surface area contributed by atoms with Gasteiger partial charge in [-0.15, -0.1) is 0 Å². The first-order valence-corrected chi connectivity index (χ1v) is 8.66. The molecule has 0 bridgehead atoms. The van der Waals surface area contributed by atoms with Crippen LogP contribution in [0.5, 0.6) is 17.2 Å². The van der Waals surface area contributed by atoms with Gasteiger partial charge in [0.2, 0.25) is 0 Å². The fourth-order valence-corrected chi connectivity index (χ4v) is 2.99. The molecule has 132 valence electrons. The number of hydrogen-bond acceptors (Lipinski definition) is 4. The molecule has 1 aliphatic rings. The number of aliphatic carboxylic acids is 1. The van der Waals surface area contributed by atoms with Crippen LogP contribution in [0.25, 0.3) is 0 Å². The van der Waals surface area contributed by atoms with Gasteiger partial charge >= 0.3 is 5.97 Å². The summed E-state index contributed by atoms with van der Waals surface area (Å²) < 4.78 is 11.9. The third kappa shape index (κ3) is 5.22. The van der Waals surface area contributed by atoms with E-state index in [1.807, 2.05) is 54.6 Å². The van der Waals surface area contributed by atoms with Gasteiger partial charge in [-0.25, -0.2) is 0 Å². The summed E-state index contributed by atoms with van der Waals surface area (Å²) in [5.74, 6) is 1.63. The monoisotopic (exact) mass is 341 g/mol. The van der Waals surface area contributed by atoms with Crippen molar-refractivity contribution in [3.63, 3.8) is 0 Å². The molecule has 2 aromatic rings. The molecule has 0 amide bonds. The molecule has 5 nitrogen and oxygen atoms in total. The van der Waals surface area contributed by atoms with E-state index in [1.54, 1.807) is 0 Å². The molecule has 0 spiro atoms. The minimum Gasteiger partial charge on any atom is -0.481 e. The van der Waals surface area contributed by atoms with Gasteiger partial charge in [-0.05, 0) is 55.7 Å². The smallest absolute Gasteiger partial charge is 0.303 e. The zero-order chi connectivity index (χ0) is 17.5. The average molecular weight is 341 g/mol. The van der Waals surface area contributed by atoms with Crippen molar-refractivity contribution in [1.29, 1.82) is 0 Å². The van der Waals surface area contributed by atoms with Gasteiger partial charge < -0.3 is 14.6 Å². The summed E-state index contributed by atoms with van der Waals surface area (Å²) >= 11 is 0. The molecule has 1 fully saturated rings. The quantitative estimate of drug-likeness (QED) is 0.782. The van der Waals surface area contributed by atoms with Gasteiger partial charge in [-0.3, -0.25) is 9.69 Å². The number of carboxylic acids is 1. The number of likely N-dealkylation sites (tertiary alicyclic amines) is 1. The Bertz CT molecular complexity index is 672. The lowest BCUT2D eigenvalue weighted by molar-refractivity contribution is -0.137. The maximum absolute atomic E-state index is 10.6. The molecule has 1 heterocycles. The van der Waals surface area contributed by atoms with Gasteiger partial charge in [0.25, 0.3) is 0 Å². The summed E-state index contributed by atoms with van der Waals surface area (Å²) in [7, 11) is 0. The van der Waals surface area contributed by atoms with Gasteiger partial charge in [0.1, 0.15) is 17.2 Å². The van der Waals surface area contributed by atoms with Crippen LogP contribution in [0, 0.1) is 0 Å². The third-order valence-electron chi connectivity index (χ3n) is 4.21. The van der Waals surface area contributed by atoms with Crippen molar-refractivity contribution in [2.75, 3.05) is 13.1 Å². The van der Waals surface area contributed by atoms with Crippen molar-refractivity contribution in [2.24, 2.45) is 0 Å². The highest BCUT2D eigenvalue weighted by Crippen LogP contribution is 2.26. The molecule has 0 saturated carbocycles. The minimum atomic E-state index is -0.745. The first-order valence-electron chi connectivity index (χ1n) is 8.66. The summed E-state index contributed by atoms with van der Waals surface area (Å²) in [6, 6.07) is 17.3. The summed E-state index contributed by atoms with van der Waals surface area (Å²) in [6.07, 6.45) is 2.92. The average Bonchev–Trinajstić information content (AvgIpc) is 3.04. The second kappa shape index (κ2) is 8.53. The fraction of sp³-hybridized carbons (Fsp3) is 0.350. The molecular formula is C20H23NO4. The van der Waals surface area contributed by atoms with Crippen LogP contribution in [0.15, 0.2) is 54.6 Å². The second-order valence-corrected chi connectivity index (χ2v) is 6.13. The lowest BCUT2D eigenvalue weighted by Crippen LogP contribution is -2.34. The fourth-order valence-electron chi connectivity index (χ4n) is 2.99. The Balaban J connectivity index is 1.52. The van der Waals surface area contributed by atoms with E-state index in [0.717, 1.165) is 43.2 Å². The number of hydrogen-bond donors (Lipinski definition) is 1. The highest BCUT2D eigenvalue weighted by atomic mass is 16.5. The molecule has 0 aliphatic carbocycles. The van der Waals surface area contributed by atoms with Crippen molar-refractivity contribution >= 4 is 5.97 Å². The van der Waals surface area contributed by atoms with Crippen LogP contribution >= 0.6 is 0 Å². The lowest BCUT2D eigenvalue weighted by atomic mass is 10.3. The number of rotatable bonds is 8. The van der Waals surface area contributed by atoms with Crippen molar-refractivity contribution in [3.05, 3.63) is 54.6 Å². The number of ether oxygens (including phenoxy) is 2. The van der Waals surface area contributed by atoms with Crippen LogP contribution < -0.4 is 9.47 Å². The molecule has 1 aliphatic heterocycles. The van der Waals surface area contributed by atoms with Crippen LogP contribution in [0.2, 0.25) is 0 Å². The topological polar surface area (TPSA) is 59.0 Å². The summed E-state index contributed by atoms with van der Waals surface area (Å²) in [4.78, 5) is 12.9. The first kappa shape index (κ1) is 17.3. The van der Waals surface area contributed by atoms with E-state index in [9.17, 15) is 4.79 Å². The van der Waals surface area contributed by atoms with Gasteiger partial charge in [-0.2, -0.15) is 0 Å². The lowest BCUT2D eigenvalue weighted by Gasteiger charge is -2.25. The standard InChI is InChI=1S/C20H23NO4/c22-20(23)9-5-15-21-14-4-8-19(21)25-18-12-10-17(11-13-18)24-16-6-2-1-3-7-16/h1-3,6-7,10-13,19H,4-5,8-9,14-15H2,(H,22,23)/t19-/m0/s1. The Kier molecular flexibility index (Phi) is 5.90. The van der Waals surface area contributed by atoms with Gasteiger partial charge in [0.05, 0.1) is 0 Å². The van der Waals surface area contributed by atoms with Crippen molar-refractivity contribution in [1.82, 2.24) is 4.90 Å². The molecule has 1 atom stereocenters. The van der Waals surface area contributed by atoms with E-state index in [2.05, 4.69) is 4.90 Å². The van der Waals surface area contributed by atoms with E-state index in [4.69, 9.17) is 14.6 Å². The highest BCUT2D eigenvalue weighted by molar-refractivity contribution is 5.66. The zero-order valence-corrected chi connectivity index (χ0v) is 14.1. The van der Waals surface area contributed by atoms with E-state index in [1.165, 1.54) is 0 Å². The summed E-state index contributed by atoms with van der Waals surface area (Å²) in [5.41, 5.74) is 0. The highest BCUT2D eigenvalue weighted by Gasteiger charge is 2.25. The molecule has 5 heteroatoms. The van der Waals surface area contributed by atoms with Crippen LogP contribution in [0.4, 0.5) is 0 Å². The van der Waals surface area contributed by atoms with Gasteiger partial charge in [-0.1, -0.05) is 18.2 Å². The second-order valence-electron chi connectivity index (χ2n) is 6.13. The number of carbonyl (C=O) groups is 1. The zero-order valence-electron chi connectivity index (χ0n) is 14.1. The maximum atomic E-state index is 10.6. The molecule has 1 N–H and O–H groups in total. The van der Waals surface area contributed by atoms with E-state index in [-0.39, 0.29) is 12.6 Å². The van der Waals surface area contributed by atoms with Crippen LogP contribution in [-0.4, -0.2) is 35.3 Å². The SMILES string of the molecule is O=C(O)CCCN1CCC[C@@H]1Oc1ccc(Oc2ccccc2)cc1. The minimum absolute atomic E-state index is 0.0229. The third-order valence-corrected chi connectivity index (χ3v) is 4.21. The Morgan fingerprint density at radius 2 is 1.72 bits per heavy atom. The van der Waals surface area contributed by atoms with Crippen LogP contribution in [0.3, 0.4) is 0 Å². The molecule has 0 unspecified atom stereocenters. The van der Waals surface area contributed by atoms with E-state index >= 15 is 0 Å². The Morgan fingerprint density at radius 3 is 2.44 bits per heavy atom. The van der Waals surface area contributed by atoms with Gasteiger partial charge in [0, 0.05) is 19.5 Å². The first-order chi connectivity index (χ1) is 12.2. The van der Waals surface area contributed by atoms with Crippen molar-refractivity contribution in [3.8, 4) is 17.2 Å². The largest absolute Gasteiger partial charge is 0.481 e. The van der Waals surface area contributed by atoms with Crippen LogP contribution in [-0.2, 0) is 4.79 Å². The summed E-state index contributed by atoms with van der Waals surface area (Å²) in [5, 5.41) is 8.76. The van der Waals surface area contributed by atoms with Gasteiger partial charge in [0.15, 0.2) is 6.23 Å². The van der Waals surface area contributed by atoms with Crippen molar-refractivity contribution < 1.29 is 19.4 Å². The predicted octanol–water partition coefficient (Wildman–Crippen LogP) is 4.14. The number of carboxylic acid groups (broad SMARTS) is 1. The Labute approximate surface area is 147 Å². The summed E-state index contributed by atoms with van der Waals surface area (Å²) in [6.45, 7) is 1.71. The number of benzene rings is 2. The normalized spacial score (nSPS) is 17.4. The number of para-hydroxylation sites is 1.